The number of anilines is 1. The molecular formula is C13H18BrN3O. The van der Waals surface area contributed by atoms with E-state index in [9.17, 15) is 4.79 Å². The first-order valence-corrected chi connectivity index (χ1v) is 6.88. The Morgan fingerprint density at radius 3 is 3.00 bits per heavy atom. The second kappa shape index (κ2) is 5.82. The van der Waals surface area contributed by atoms with Crippen molar-refractivity contribution >= 4 is 27.5 Å². The Labute approximate surface area is 116 Å². The standard InChI is InChI=1S/C13H18BrN3O/c1-9-6-10(14)2-3-12(9)16-13(18)8-17-5-4-11(15)7-17/h2-3,6,11H,4-5,7-8,15H2,1H3,(H,16,18)/t11-/m0/s1. The second-order valence-corrected chi connectivity index (χ2v) is 5.71. The van der Waals surface area contributed by atoms with Gasteiger partial charge in [0.1, 0.15) is 0 Å². The molecule has 0 spiro atoms. The summed E-state index contributed by atoms with van der Waals surface area (Å²) >= 11 is 3.41. The summed E-state index contributed by atoms with van der Waals surface area (Å²) in [6, 6.07) is 6.04. The third-order valence-corrected chi connectivity index (χ3v) is 3.63. The number of likely N-dealkylation sites (tertiary alicyclic amines) is 1. The molecule has 0 aromatic heterocycles. The Kier molecular flexibility index (Phi) is 4.37. The molecule has 1 saturated heterocycles. The Morgan fingerprint density at radius 1 is 1.61 bits per heavy atom. The van der Waals surface area contributed by atoms with Gasteiger partial charge in [0.2, 0.25) is 5.91 Å². The van der Waals surface area contributed by atoms with E-state index >= 15 is 0 Å². The molecule has 1 aromatic carbocycles. The zero-order chi connectivity index (χ0) is 13.1. The topological polar surface area (TPSA) is 58.4 Å². The molecule has 0 aliphatic carbocycles. The summed E-state index contributed by atoms with van der Waals surface area (Å²) in [7, 11) is 0. The molecule has 1 amide bonds. The number of carbonyl (C=O) groups is 1. The van der Waals surface area contributed by atoms with E-state index in [0.29, 0.717) is 6.54 Å². The lowest BCUT2D eigenvalue weighted by Crippen LogP contribution is -2.33. The number of carbonyl (C=O) groups excluding carboxylic acids is 1. The van der Waals surface area contributed by atoms with Crippen molar-refractivity contribution in [3.8, 4) is 0 Å². The first kappa shape index (κ1) is 13.5. The van der Waals surface area contributed by atoms with Crippen LogP contribution in [0.25, 0.3) is 0 Å². The fraction of sp³-hybridized carbons (Fsp3) is 0.462. The van der Waals surface area contributed by atoms with Gasteiger partial charge in [-0.3, -0.25) is 9.69 Å². The van der Waals surface area contributed by atoms with Crippen molar-refractivity contribution in [1.82, 2.24) is 4.90 Å². The Hall–Kier alpha value is -0.910. The van der Waals surface area contributed by atoms with E-state index in [2.05, 4.69) is 26.1 Å². The average Bonchev–Trinajstić information content (AvgIpc) is 2.68. The Bertz CT molecular complexity index is 450. The van der Waals surface area contributed by atoms with Crippen LogP contribution < -0.4 is 11.1 Å². The van der Waals surface area contributed by atoms with Gasteiger partial charge in [-0.2, -0.15) is 0 Å². The zero-order valence-electron chi connectivity index (χ0n) is 10.4. The summed E-state index contributed by atoms with van der Waals surface area (Å²) in [4.78, 5) is 14.0. The van der Waals surface area contributed by atoms with E-state index in [1.807, 2.05) is 25.1 Å². The van der Waals surface area contributed by atoms with Crippen LogP contribution >= 0.6 is 15.9 Å². The molecule has 1 fully saturated rings. The van der Waals surface area contributed by atoms with Crippen LogP contribution in [0.4, 0.5) is 5.69 Å². The lowest BCUT2D eigenvalue weighted by molar-refractivity contribution is -0.117. The highest BCUT2D eigenvalue weighted by atomic mass is 79.9. The van der Waals surface area contributed by atoms with E-state index in [1.54, 1.807) is 0 Å². The van der Waals surface area contributed by atoms with E-state index in [1.165, 1.54) is 0 Å². The predicted molar refractivity (Wildman–Crippen MR) is 76.5 cm³/mol. The molecule has 5 heteroatoms. The van der Waals surface area contributed by atoms with Crippen molar-refractivity contribution in [3.63, 3.8) is 0 Å². The third-order valence-electron chi connectivity index (χ3n) is 3.14. The van der Waals surface area contributed by atoms with Gasteiger partial charge in [-0.05, 0) is 37.1 Å². The number of nitrogens with two attached hydrogens (primary N) is 1. The lowest BCUT2D eigenvalue weighted by Gasteiger charge is -2.15. The van der Waals surface area contributed by atoms with Crippen LogP contribution in [0.5, 0.6) is 0 Å². The summed E-state index contributed by atoms with van der Waals surface area (Å²) in [5.41, 5.74) is 7.73. The maximum Gasteiger partial charge on any atom is 0.238 e. The molecule has 18 heavy (non-hydrogen) atoms. The fourth-order valence-corrected chi connectivity index (χ4v) is 2.64. The lowest BCUT2D eigenvalue weighted by atomic mass is 10.2. The van der Waals surface area contributed by atoms with E-state index in [0.717, 1.165) is 35.2 Å². The molecule has 3 N–H and O–H groups in total. The van der Waals surface area contributed by atoms with Gasteiger partial charge in [0.05, 0.1) is 6.54 Å². The van der Waals surface area contributed by atoms with Crippen LogP contribution in [0.15, 0.2) is 22.7 Å². The summed E-state index contributed by atoms with van der Waals surface area (Å²) in [5, 5.41) is 2.94. The first-order valence-electron chi connectivity index (χ1n) is 6.08. The van der Waals surface area contributed by atoms with Crippen molar-refractivity contribution in [1.29, 1.82) is 0 Å². The molecule has 0 radical (unpaired) electrons. The monoisotopic (exact) mass is 311 g/mol. The second-order valence-electron chi connectivity index (χ2n) is 4.79. The third kappa shape index (κ3) is 3.54. The largest absolute Gasteiger partial charge is 0.326 e. The molecule has 2 rings (SSSR count). The summed E-state index contributed by atoms with van der Waals surface area (Å²) in [5.74, 6) is 0.0227. The molecule has 0 unspecified atom stereocenters. The number of halogens is 1. The fourth-order valence-electron chi connectivity index (χ4n) is 2.17. The van der Waals surface area contributed by atoms with Gasteiger partial charge in [-0.15, -0.1) is 0 Å². The maximum absolute atomic E-state index is 11.9. The van der Waals surface area contributed by atoms with Crippen LogP contribution in [0.1, 0.15) is 12.0 Å². The smallest absolute Gasteiger partial charge is 0.238 e. The van der Waals surface area contributed by atoms with E-state index < -0.39 is 0 Å². The van der Waals surface area contributed by atoms with Crippen molar-refractivity contribution in [3.05, 3.63) is 28.2 Å². The van der Waals surface area contributed by atoms with Crippen LogP contribution in [-0.2, 0) is 4.79 Å². The van der Waals surface area contributed by atoms with E-state index in [4.69, 9.17) is 5.73 Å². The van der Waals surface area contributed by atoms with Gasteiger partial charge in [0, 0.05) is 29.3 Å². The normalized spacial score (nSPS) is 20.1. The minimum absolute atomic E-state index is 0.0227. The number of benzene rings is 1. The van der Waals surface area contributed by atoms with Gasteiger partial charge in [0.15, 0.2) is 0 Å². The SMILES string of the molecule is Cc1cc(Br)ccc1NC(=O)CN1CC[C@H](N)C1. The van der Waals surface area contributed by atoms with Crippen molar-refractivity contribution in [2.45, 2.75) is 19.4 Å². The quantitative estimate of drug-likeness (QED) is 0.894. The molecule has 1 aliphatic heterocycles. The zero-order valence-corrected chi connectivity index (χ0v) is 12.0. The first-order chi connectivity index (χ1) is 8.54. The summed E-state index contributed by atoms with van der Waals surface area (Å²) in [6.45, 7) is 4.12. The highest BCUT2D eigenvalue weighted by Gasteiger charge is 2.21. The van der Waals surface area contributed by atoms with Crippen molar-refractivity contribution in [2.75, 3.05) is 25.0 Å². The Balaban J connectivity index is 1.91. The number of nitrogens with zero attached hydrogens (tertiary/aromatic N) is 1. The summed E-state index contributed by atoms with van der Waals surface area (Å²) < 4.78 is 1.02. The van der Waals surface area contributed by atoms with Gasteiger partial charge < -0.3 is 11.1 Å². The molecule has 0 saturated carbocycles. The van der Waals surface area contributed by atoms with Crippen LogP contribution in [0.3, 0.4) is 0 Å². The molecule has 1 aliphatic rings. The number of amides is 1. The molecule has 4 nitrogen and oxygen atoms in total. The highest BCUT2D eigenvalue weighted by Crippen LogP contribution is 2.20. The van der Waals surface area contributed by atoms with Crippen molar-refractivity contribution < 1.29 is 4.79 Å². The number of aryl methyl sites for hydroxylation is 1. The maximum atomic E-state index is 11.9. The predicted octanol–water partition coefficient (Wildman–Crippen LogP) is 1.73. The summed E-state index contributed by atoms with van der Waals surface area (Å²) in [6.07, 6.45) is 0.977. The molecular weight excluding hydrogens is 294 g/mol. The van der Waals surface area contributed by atoms with Gasteiger partial charge in [-0.25, -0.2) is 0 Å². The number of nitrogens with one attached hydrogen (secondary N) is 1. The number of hydrogen-bond donors (Lipinski definition) is 2. The minimum atomic E-state index is 0.0227. The number of rotatable bonds is 3. The van der Waals surface area contributed by atoms with Crippen molar-refractivity contribution in [2.24, 2.45) is 5.73 Å². The Morgan fingerprint density at radius 2 is 2.39 bits per heavy atom. The van der Waals surface area contributed by atoms with Crippen LogP contribution in [0, 0.1) is 6.92 Å². The molecule has 0 bridgehead atoms. The van der Waals surface area contributed by atoms with Gasteiger partial charge in [-0.1, -0.05) is 15.9 Å². The molecule has 1 heterocycles. The van der Waals surface area contributed by atoms with Crippen LogP contribution in [0.2, 0.25) is 0 Å². The molecule has 1 aromatic rings. The van der Waals surface area contributed by atoms with Gasteiger partial charge >= 0.3 is 0 Å². The van der Waals surface area contributed by atoms with Crippen LogP contribution in [-0.4, -0.2) is 36.5 Å². The minimum Gasteiger partial charge on any atom is -0.326 e. The average molecular weight is 312 g/mol. The molecule has 98 valence electrons. The number of hydrogen-bond acceptors (Lipinski definition) is 3. The van der Waals surface area contributed by atoms with Gasteiger partial charge in [0.25, 0.3) is 0 Å². The highest BCUT2D eigenvalue weighted by molar-refractivity contribution is 9.10. The molecule has 1 atom stereocenters. The van der Waals surface area contributed by atoms with E-state index in [-0.39, 0.29) is 11.9 Å².